The van der Waals surface area contributed by atoms with Crippen LogP contribution in [0.15, 0.2) is 28.7 Å². The molecule has 3 nitrogen and oxygen atoms in total. The molecule has 0 bridgehead atoms. The molecular weight excluding hydrogens is 316 g/mol. The van der Waals surface area contributed by atoms with Crippen molar-refractivity contribution in [3.8, 4) is 0 Å². The molecule has 1 aromatic rings. The van der Waals surface area contributed by atoms with Gasteiger partial charge in [-0.2, -0.15) is 0 Å². The molecule has 0 amide bonds. The zero-order valence-electron chi connectivity index (χ0n) is 12.2. The molecule has 1 aromatic carbocycles. The summed E-state index contributed by atoms with van der Waals surface area (Å²) in [5.74, 6) is 0.759. The van der Waals surface area contributed by atoms with Crippen LogP contribution in [0.4, 0.5) is 0 Å². The maximum Gasteiger partial charge on any atom is 0.0558 e. The molecule has 20 heavy (non-hydrogen) atoms. The highest BCUT2D eigenvalue weighted by atomic mass is 79.9. The van der Waals surface area contributed by atoms with Gasteiger partial charge < -0.3 is 15.3 Å². The number of β-amino-alcohol motifs (C(OH)–C–C–N with tert-alkyl or cyclic N) is 1. The minimum Gasteiger partial charge on any atom is -0.395 e. The van der Waals surface area contributed by atoms with Gasteiger partial charge in [0.1, 0.15) is 0 Å². The van der Waals surface area contributed by atoms with Gasteiger partial charge in [-0.15, -0.1) is 0 Å². The number of halogens is 1. The molecule has 1 aliphatic heterocycles. The van der Waals surface area contributed by atoms with Crippen molar-refractivity contribution in [1.82, 2.24) is 10.2 Å². The Morgan fingerprint density at radius 2 is 2.05 bits per heavy atom. The van der Waals surface area contributed by atoms with E-state index in [9.17, 15) is 0 Å². The minimum atomic E-state index is 0.280. The van der Waals surface area contributed by atoms with E-state index in [1.165, 1.54) is 22.9 Å². The molecule has 1 saturated heterocycles. The van der Waals surface area contributed by atoms with Crippen molar-refractivity contribution in [2.75, 3.05) is 32.8 Å². The number of nitrogens with zero attached hydrogens (tertiary/aromatic N) is 1. The first-order valence-electron chi connectivity index (χ1n) is 7.51. The number of hydrogen-bond donors (Lipinski definition) is 2. The average Bonchev–Trinajstić information content (AvgIpc) is 2.47. The van der Waals surface area contributed by atoms with Crippen LogP contribution in [-0.4, -0.2) is 42.8 Å². The van der Waals surface area contributed by atoms with Gasteiger partial charge in [0, 0.05) is 17.1 Å². The summed E-state index contributed by atoms with van der Waals surface area (Å²) in [6, 6.07) is 8.79. The maximum atomic E-state index is 8.95. The molecule has 0 spiro atoms. The molecular formula is C16H25BrN2O. The Balaban J connectivity index is 1.75. The van der Waals surface area contributed by atoms with Crippen molar-refractivity contribution in [3.05, 3.63) is 34.3 Å². The Bertz CT molecular complexity index is 405. The number of piperidine rings is 1. The largest absolute Gasteiger partial charge is 0.395 e. The van der Waals surface area contributed by atoms with Crippen LogP contribution in [0.25, 0.3) is 0 Å². The lowest BCUT2D eigenvalue weighted by Crippen LogP contribution is -2.39. The van der Waals surface area contributed by atoms with Gasteiger partial charge in [0.15, 0.2) is 0 Å². The molecule has 1 heterocycles. The molecule has 1 fully saturated rings. The summed E-state index contributed by atoms with van der Waals surface area (Å²) in [5, 5.41) is 12.6. The molecule has 1 aliphatic rings. The van der Waals surface area contributed by atoms with Crippen molar-refractivity contribution in [2.24, 2.45) is 5.92 Å². The molecule has 0 saturated carbocycles. The first-order chi connectivity index (χ1) is 9.70. The van der Waals surface area contributed by atoms with Gasteiger partial charge >= 0.3 is 0 Å². The van der Waals surface area contributed by atoms with Crippen molar-refractivity contribution in [1.29, 1.82) is 0 Å². The lowest BCUT2D eigenvalue weighted by molar-refractivity contribution is 0.146. The summed E-state index contributed by atoms with van der Waals surface area (Å²) in [5.41, 5.74) is 1.32. The van der Waals surface area contributed by atoms with E-state index < -0.39 is 0 Å². The Labute approximate surface area is 130 Å². The van der Waals surface area contributed by atoms with Crippen molar-refractivity contribution in [2.45, 2.75) is 25.8 Å². The molecule has 0 aromatic heterocycles. The van der Waals surface area contributed by atoms with E-state index >= 15 is 0 Å². The quantitative estimate of drug-likeness (QED) is 0.835. The Kier molecular flexibility index (Phi) is 6.49. The van der Waals surface area contributed by atoms with E-state index in [4.69, 9.17) is 5.11 Å². The number of aliphatic hydroxyl groups excluding tert-OH is 1. The van der Waals surface area contributed by atoms with Gasteiger partial charge in [0.2, 0.25) is 0 Å². The maximum absolute atomic E-state index is 8.95. The fourth-order valence-electron chi connectivity index (χ4n) is 2.84. The zero-order chi connectivity index (χ0) is 14.4. The highest BCUT2D eigenvalue weighted by Crippen LogP contribution is 2.23. The molecule has 112 valence electrons. The highest BCUT2D eigenvalue weighted by molar-refractivity contribution is 9.10. The summed E-state index contributed by atoms with van der Waals surface area (Å²) < 4.78 is 1.18. The van der Waals surface area contributed by atoms with Crippen LogP contribution in [0.1, 0.15) is 31.4 Å². The van der Waals surface area contributed by atoms with Gasteiger partial charge in [0.05, 0.1) is 6.61 Å². The van der Waals surface area contributed by atoms with Crippen LogP contribution in [0, 0.1) is 5.92 Å². The summed E-state index contributed by atoms with van der Waals surface area (Å²) in [6.07, 6.45) is 2.46. The Morgan fingerprint density at radius 1 is 1.35 bits per heavy atom. The third-order valence-corrected chi connectivity index (χ3v) is 4.93. The van der Waals surface area contributed by atoms with Crippen LogP contribution >= 0.6 is 15.9 Å². The Morgan fingerprint density at radius 3 is 2.70 bits per heavy atom. The standard InChI is InChI=1S/C16H25BrN2O/c1-13(15-4-2-3-5-16(15)17)18-12-14-6-8-19(9-7-14)10-11-20/h2-5,13-14,18,20H,6-12H2,1H3. The zero-order valence-corrected chi connectivity index (χ0v) is 13.8. The number of likely N-dealkylation sites (tertiary alicyclic amines) is 1. The predicted molar refractivity (Wildman–Crippen MR) is 86.8 cm³/mol. The fraction of sp³-hybridized carbons (Fsp3) is 0.625. The molecule has 1 unspecified atom stereocenters. The third kappa shape index (κ3) is 4.55. The second-order valence-electron chi connectivity index (χ2n) is 5.66. The first kappa shape index (κ1) is 16.0. The van der Waals surface area contributed by atoms with Crippen LogP contribution < -0.4 is 5.32 Å². The molecule has 2 N–H and O–H groups in total. The van der Waals surface area contributed by atoms with E-state index in [2.05, 4.69) is 57.3 Å². The average molecular weight is 341 g/mol. The first-order valence-corrected chi connectivity index (χ1v) is 8.31. The lowest BCUT2D eigenvalue weighted by Gasteiger charge is -2.32. The summed E-state index contributed by atoms with van der Waals surface area (Å²) in [6.45, 7) is 6.65. The number of benzene rings is 1. The van der Waals surface area contributed by atoms with E-state index in [0.29, 0.717) is 6.04 Å². The van der Waals surface area contributed by atoms with E-state index in [1.807, 2.05) is 0 Å². The SMILES string of the molecule is CC(NCC1CCN(CCO)CC1)c1ccccc1Br. The lowest BCUT2D eigenvalue weighted by atomic mass is 9.96. The fourth-order valence-corrected chi connectivity index (χ4v) is 3.46. The summed E-state index contributed by atoms with van der Waals surface area (Å²) in [4.78, 5) is 2.35. The number of nitrogens with one attached hydrogen (secondary N) is 1. The second kappa shape index (κ2) is 8.13. The summed E-state index contributed by atoms with van der Waals surface area (Å²) in [7, 11) is 0. The number of aliphatic hydroxyl groups is 1. The van der Waals surface area contributed by atoms with Crippen LogP contribution in [-0.2, 0) is 0 Å². The molecule has 4 heteroatoms. The van der Waals surface area contributed by atoms with E-state index in [0.717, 1.165) is 32.1 Å². The molecule has 1 atom stereocenters. The topological polar surface area (TPSA) is 35.5 Å². The smallest absolute Gasteiger partial charge is 0.0558 e. The molecule has 0 aliphatic carbocycles. The highest BCUT2D eigenvalue weighted by Gasteiger charge is 2.19. The van der Waals surface area contributed by atoms with Crippen LogP contribution in [0.5, 0.6) is 0 Å². The van der Waals surface area contributed by atoms with E-state index in [1.54, 1.807) is 0 Å². The van der Waals surface area contributed by atoms with Crippen LogP contribution in [0.2, 0.25) is 0 Å². The van der Waals surface area contributed by atoms with Gasteiger partial charge in [-0.05, 0) is 56.9 Å². The van der Waals surface area contributed by atoms with Gasteiger partial charge in [0.25, 0.3) is 0 Å². The van der Waals surface area contributed by atoms with Crippen LogP contribution in [0.3, 0.4) is 0 Å². The number of hydrogen-bond acceptors (Lipinski definition) is 3. The van der Waals surface area contributed by atoms with Crippen molar-refractivity contribution >= 4 is 15.9 Å². The Hall–Kier alpha value is -0.420. The van der Waals surface area contributed by atoms with Crippen molar-refractivity contribution < 1.29 is 5.11 Å². The second-order valence-corrected chi connectivity index (χ2v) is 6.51. The van der Waals surface area contributed by atoms with Gasteiger partial charge in [-0.3, -0.25) is 0 Å². The van der Waals surface area contributed by atoms with Gasteiger partial charge in [-0.1, -0.05) is 34.1 Å². The normalized spacial score (nSPS) is 19.1. The van der Waals surface area contributed by atoms with Crippen molar-refractivity contribution in [3.63, 3.8) is 0 Å². The molecule has 2 rings (SSSR count). The number of rotatable bonds is 6. The minimum absolute atomic E-state index is 0.280. The summed E-state index contributed by atoms with van der Waals surface area (Å²) >= 11 is 3.62. The van der Waals surface area contributed by atoms with E-state index in [-0.39, 0.29) is 6.61 Å². The molecule has 0 radical (unpaired) electrons. The third-order valence-electron chi connectivity index (χ3n) is 4.21. The van der Waals surface area contributed by atoms with Gasteiger partial charge in [-0.25, -0.2) is 0 Å². The monoisotopic (exact) mass is 340 g/mol. The predicted octanol–water partition coefficient (Wildman–Crippen LogP) is 2.80.